The first-order chi connectivity index (χ1) is 10.2. The van der Waals surface area contributed by atoms with E-state index in [0.717, 1.165) is 18.5 Å². The molecule has 1 heterocycles. The van der Waals surface area contributed by atoms with Crippen LogP contribution in [-0.2, 0) is 17.6 Å². The van der Waals surface area contributed by atoms with Gasteiger partial charge >= 0.3 is 0 Å². The molecule has 4 nitrogen and oxygen atoms in total. The third-order valence-corrected chi connectivity index (χ3v) is 4.57. The van der Waals surface area contributed by atoms with Gasteiger partial charge in [0.2, 0.25) is 0 Å². The number of anilines is 1. The summed E-state index contributed by atoms with van der Waals surface area (Å²) in [6.07, 6.45) is 3.97. The van der Waals surface area contributed by atoms with Gasteiger partial charge in [0, 0.05) is 4.88 Å². The predicted octanol–water partition coefficient (Wildman–Crippen LogP) is 3.43. The van der Waals surface area contributed by atoms with Crippen molar-refractivity contribution in [2.24, 2.45) is 0 Å². The Kier molecular flexibility index (Phi) is 4.20. The number of rotatable bonds is 4. The molecule has 0 saturated carbocycles. The molecule has 1 atom stereocenters. The maximum absolute atomic E-state index is 12.2. The molecule has 110 valence electrons. The standard InChI is InChI=1S/C16H18N2O2S/c1-11(20-12-7-3-2-4-8-12)15(19)18-16-17-13-9-5-6-10-14(13)21-16/h2-4,7-8,11H,5-6,9-10H2,1H3,(H,17,18,19). The maximum atomic E-state index is 12.2. The molecule has 1 aromatic carbocycles. The number of nitrogens with one attached hydrogen (secondary N) is 1. The summed E-state index contributed by atoms with van der Waals surface area (Å²) in [5.41, 5.74) is 1.15. The van der Waals surface area contributed by atoms with Crippen molar-refractivity contribution >= 4 is 22.4 Å². The number of carbonyl (C=O) groups is 1. The van der Waals surface area contributed by atoms with Crippen LogP contribution >= 0.6 is 11.3 Å². The molecular formula is C16H18N2O2S. The lowest BCUT2D eigenvalue weighted by atomic mass is 10.0. The number of hydrogen-bond acceptors (Lipinski definition) is 4. The van der Waals surface area contributed by atoms with Crippen molar-refractivity contribution in [1.82, 2.24) is 4.98 Å². The molecule has 0 fully saturated rings. The molecule has 3 rings (SSSR count). The highest BCUT2D eigenvalue weighted by Gasteiger charge is 2.19. The average Bonchev–Trinajstić information content (AvgIpc) is 2.90. The monoisotopic (exact) mass is 302 g/mol. The van der Waals surface area contributed by atoms with Crippen molar-refractivity contribution in [3.8, 4) is 5.75 Å². The summed E-state index contributed by atoms with van der Waals surface area (Å²) in [6, 6.07) is 9.36. The van der Waals surface area contributed by atoms with Crippen LogP contribution in [0.3, 0.4) is 0 Å². The fourth-order valence-corrected chi connectivity index (χ4v) is 3.42. The highest BCUT2D eigenvalue weighted by atomic mass is 32.1. The second-order valence-electron chi connectivity index (χ2n) is 5.16. The Morgan fingerprint density at radius 3 is 2.81 bits per heavy atom. The molecule has 2 aromatic rings. The van der Waals surface area contributed by atoms with E-state index in [9.17, 15) is 4.79 Å². The van der Waals surface area contributed by atoms with Gasteiger partial charge in [-0.3, -0.25) is 10.1 Å². The molecule has 1 aromatic heterocycles. The first-order valence-electron chi connectivity index (χ1n) is 7.23. The molecule has 1 amide bonds. The van der Waals surface area contributed by atoms with Crippen LogP contribution in [0.1, 0.15) is 30.3 Å². The number of para-hydroxylation sites is 1. The van der Waals surface area contributed by atoms with Crippen LogP contribution in [0.25, 0.3) is 0 Å². The highest BCUT2D eigenvalue weighted by molar-refractivity contribution is 7.15. The fourth-order valence-electron chi connectivity index (χ4n) is 2.37. The lowest BCUT2D eigenvalue weighted by Crippen LogP contribution is -2.30. The van der Waals surface area contributed by atoms with Gasteiger partial charge in [-0.1, -0.05) is 18.2 Å². The van der Waals surface area contributed by atoms with E-state index in [1.54, 1.807) is 18.3 Å². The molecule has 0 radical (unpaired) electrons. The van der Waals surface area contributed by atoms with Crippen molar-refractivity contribution in [1.29, 1.82) is 0 Å². The van der Waals surface area contributed by atoms with E-state index >= 15 is 0 Å². The molecule has 0 bridgehead atoms. The van der Waals surface area contributed by atoms with E-state index in [0.29, 0.717) is 10.9 Å². The average molecular weight is 302 g/mol. The van der Waals surface area contributed by atoms with E-state index in [1.165, 1.54) is 17.7 Å². The minimum Gasteiger partial charge on any atom is -0.481 e. The topological polar surface area (TPSA) is 51.2 Å². The van der Waals surface area contributed by atoms with E-state index in [4.69, 9.17) is 4.74 Å². The lowest BCUT2D eigenvalue weighted by molar-refractivity contribution is -0.122. The number of fused-ring (bicyclic) bond motifs is 1. The van der Waals surface area contributed by atoms with Gasteiger partial charge in [0.25, 0.3) is 5.91 Å². The van der Waals surface area contributed by atoms with Crippen LogP contribution in [0.15, 0.2) is 30.3 Å². The normalized spacial score (nSPS) is 15.1. The minimum atomic E-state index is -0.548. The summed E-state index contributed by atoms with van der Waals surface area (Å²) < 4.78 is 5.62. The lowest BCUT2D eigenvalue weighted by Gasteiger charge is -2.13. The Balaban J connectivity index is 1.61. The van der Waals surface area contributed by atoms with Crippen LogP contribution in [-0.4, -0.2) is 17.0 Å². The summed E-state index contributed by atoms with van der Waals surface area (Å²) in [5, 5.41) is 3.55. The quantitative estimate of drug-likeness (QED) is 0.941. The molecule has 0 aliphatic heterocycles. The van der Waals surface area contributed by atoms with Crippen LogP contribution < -0.4 is 10.1 Å². The summed E-state index contributed by atoms with van der Waals surface area (Å²) in [4.78, 5) is 18.0. The van der Waals surface area contributed by atoms with Crippen LogP contribution in [0.4, 0.5) is 5.13 Å². The van der Waals surface area contributed by atoms with Gasteiger partial charge in [-0.25, -0.2) is 4.98 Å². The maximum Gasteiger partial charge on any atom is 0.266 e. The molecule has 1 unspecified atom stereocenters. The van der Waals surface area contributed by atoms with Crippen molar-refractivity contribution < 1.29 is 9.53 Å². The number of nitrogens with zero attached hydrogens (tertiary/aromatic N) is 1. The summed E-state index contributed by atoms with van der Waals surface area (Å²) in [5.74, 6) is 0.531. The van der Waals surface area contributed by atoms with Gasteiger partial charge in [-0.2, -0.15) is 0 Å². The first kappa shape index (κ1) is 14.1. The molecule has 0 spiro atoms. The number of ether oxygens (including phenoxy) is 1. The van der Waals surface area contributed by atoms with Crippen molar-refractivity contribution in [2.45, 2.75) is 38.7 Å². The number of carbonyl (C=O) groups excluding carboxylic acids is 1. The van der Waals surface area contributed by atoms with Crippen molar-refractivity contribution in [3.05, 3.63) is 40.9 Å². The third kappa shape index (κ3) is 3.42. The van der Waals surface area contributed by atoms with Crippen molar-refractivity contribution in [3.63, 3.8) is 0 Å². The molecule has 21 heavy (non-hydrogen) atoms. The SMILES string of the molecule is CC(Oc1ccccc1)C(=O)Nc1nc2c(s1)CCCC2. The minimum absolute atomic E-state index is 0.162. The zero-order chi connectivity index (χ0) is 14.7. The fraction of sp³-hybridized carbons (Fsp3) is 0.375. The number of thiazole rings is 1. The Morgan fingerprint density at radius 2 is 2.05 bits per heavy atom. The highest BCUT2D eigenvalue weighted by Crippen LogP contribution is 2.29. The second kappa shape index (κ2) is 6.26. The molecule has 1 N–H and O–H groups in total. The van der Waals surface area contributed by atoms with Gasteiger partial charge in [0.05, 0.1) is 5.69 Å². The smallest absolute Gasteiger partial charge is 0.266 e. The third-order valence-electron chi connectivity index (χ3n) is 3.50. The molecule has 5 heteroatoms. The first-order valence-corrected chi connectivity index (χ1v) is 8.05. The van der Waals surface area contributed by atoms with Gasteiger partial charge in [0.15, 0.2) is 11.2 Å². The van der Waals surface area contributed by atoms with Crippen LogP contribution in [0.5, 0.6) is 5.75 Å². The summed E-state index contributed by atoms with van der Waals surface area (Å²) in [6.45, 7) is 1.75. The number of aryl methyl sites for hydroxylation is 2. The number of amides is 1. The predicted molar refractivity (Wildman–Crippen MR) is 83.9 cm³/mol. The van der Waals surface area contributed by atoms with Gasteiger partial charge < -0.3 is 4.74 Å². The summed E-state index contributed by atoms with van der Waals surface area (Å²) >= 11 is 1.59. The summed E-state index contributed by atoms with van der Waals surface area (Å²) in [7, 11) is 0. The van der Waals surface area contributed by atoms with E-state index in [1.807, 2.05) is 30.3 Å². The van der Waals surface area contributed by atoms with E-state index in [-0.39, 0.29) is 5.91 Å². The number of aromatic nitrogens is 1. The largest absolute Gasteiger partial charge is 0.481 e. The van der Waals surface area contributed by atoms with Crippen LogP contribution in [0, 0.1) is 0 Å². The molecule has 0 saturated heterocycles. The zero-order valence-corrected chi connectivity index (χ0v) is 12.8. The van der Waals surface area contributed by atoms with Crippen molar-refractivity contribution in [2.75, 3.05) is 5.32 Å². The Bertz CT molecular complexity index is 601. The van der Waals surface area contributed by atoms with E-state index < -0.39 is 6.10 Å². The zero-order valence-electron chi connectivity index (χ0n) is 12.0. The Labute approximate surface area is 128 Å². The van der Waals surface area contributed by atoms with Gasteiger partial charge in [-0.15, -0.1) is 11.3 Å². The Morgan fingerprint density at radius 1 is 1.29 bits per heavy atom. The van der Waals surface area contributed by atoms with E-state index in [2.05, 4.69) is 10.3 Å². The van der Waals surface area contributed by atoms with Crippen LogP contribution in [0.2, 0.25) is 0 Å². The Hall–Kier alpha value is -1.88. The molecule has 1 aliphatic carbocycles. The molecule has 1 aliphatic rings. The number of hydrogen-bond donors (Lipinski definition) is 1. The van der Waals surface area contributed by atoms with Gasteiger partial charge in [0.1, 0.15) is 5.75 Å². The van der Waals surface area contributed by atoms with Gasteiger partial charge in [-0.05, 0) is 44.7 Å². The number of benzene rings is 1. The second-order valence-corrected chi connectivity index (χ2v) is 6.24. The molecular weight excluding hydrogens is 284 g/mol.